The Morgan fingerprint density at radius 3 is 2.41 bits per heavy atom. The molecule has 1 amide bonds. The van der Waals surface area contributed by atoms with Crippen LogP contribution in [0.2, 0.25) is 0 Å². The average molecular weight is 387 g/mol. The molecule has 0 fully saturated rings. The lowest BCUT2D eigenvalue weighted by atomic mass is 9.96. The van der Waals surface area contributed by atoms with Gasteiger partial charge in [0.1, 0.15) is 0 Å². The van der Waals surface area contributed by atoms with Crippen LogP contribution in [0.15, 0.2) is 47.4 Å². The largest absolute Gasteiger partial charge is 0.326 e. The summed E-state index contributed by atoms with van der Waals surface area (Å²) in [5.41, 5.74) is 3.73. The Hall–Kier alpha value is -2.18. The zero-order valence-electron chi connectivity index (χ0n) is 16.0. The van der Waals surface area contributed by atoms with Crippen molar-refractivity contribution in [3.05, 3.63) is 59.2 Å². The molecule has 1 heterocycles. The summed E-state index contributed by atoms with van der Waals surface area (Å²) in [5, 5.41) is 2.78. The van der Waals surface area contributed by atoms with E-state index in [4.69, 9.17) is 0 Å². The molecule has 0 saturated carbocycles. The van der Waals surface area contributed by atoms with Gasteiger partial charge in [0.25, 0.3) is 0 Å². The zero-order valence-corrected chi connectivity index (χ0v) is 16.8. The van der Waals surface area contributed by atoms with E-state index in [-0.39, 0.29) is 22.8 Å². The second kappa shape index (κ2) is 7.82. The number of hydrogen-bond acceptors (Lipinski definition) is 3. The number of carbonyl (C=O) groups excluding carboxylic acids is 1. The molecular formula is C21H26N2O3S. The van der Waals surface area contributed by atoms with Crippen molar-refractivity contribution in [1.82, 2.24) is 4.72 Å². The molecule has 0 bridgehead atoms. The first-order valence-electron chi connectivity index (χ1n) is 9.34. The summed E-state index contributed by atoms with van der Waals surface area (Å²) in [5.74, 6) is 0.0656. The lowest BCUT2D eigenvalue weighted by molar-refractivity contribution is -0.116. The Balaban J connectivity index is 1.87. The van der Waals surface area contributed by atoms with Crippen molar-refractivity contribution in [1.29, 1.82) is 0 Å². The second-order valence-electron chi connectivity index (χ2n) is 7.31. The third kappa shape index (κ3) is 4.39. The van der Waals surface area contributed by atoms with Crippen LogP contribution < -0.4 is 10.0 Å². The van der Waals surface area contributed by atoms with Crippen molar-refractivity contribution in [2.75, 3.05) is 5.32 Å². The average Bonchev–Trinajstić information content (AvgIpc) is 2.65. The van der Waals surface area contributed by atoms with Gasteiger partial charge in [0.05, 0.1) is 4.90 Å². The highest BCUT2D eigenvalue weighted by molar-refractivity contribution is 7.89. The van der Waals surface area contributed by atoms with Crippen LogP contribution in [0.25, 0.3) is 0 Å². The van der Waals surface area contributed by atoms with Gasteiger partial charge in [0, 0.05) is 18.2 Å². The van der Waals surface area contributed by atoms with Crippen molar-refractivity contribution in [3.8, 4) is 0 Å². The maximum absolute atomic E-state index is 13.0. The molecule has 1 atom stereocenters. The molecule has 1 aliphatic heterocycles. The number of carbonyl (C=O) groups is 1. The molecule has 0 saturated heterocycles. The maximum Gasteiger partial charge on any atom is 0.241 e. The fourth-order valence-corrected chi connectivity index (χ4v) is 4.74. The van der Waals surface area contributed by atoms with Gasteiger partial charge >= 0.3 is 0 Å². The highest BCUT2D eigenvalue weighted by atomic mass is 32.2. The third-order valence-electron chi connectivity index (χ3n) is 4.98. The first-order chi connectivity index (χ1) is 12.8. The number of amides is 1. The van der Waals surface area contributed by atoms with Crippen LogP contribution in [0.3, 0.4) is 0 Å². The Bertz CT molecular complexity index is 934. The lowest BCUT2D eigenvalue weighted by Gasteiger charge is -2.24. The number of fused-ring (bicyclic) bond motifs is 1. The summed E-state index contributed by atoms with van der Waals surface area (Å²) in [6.07, 6.45) is 1.88. The Labute approximate surface area is 161 Å². The molecule has 2 aromatic carbocycles. The summed E-state index contributed by atoms with van der Waals surface area (Å²) in [7, 11) is -3.68. The van der Waals surface area contributed by atoms with E-state index in [1.807, 2.05) is 38.1 Å². The van der Waals surface area contributed by atoms with E-state index in [0.29, 0.717) is 18.5 Å². The predicted molar refractivity (Wildman–Crippen MR) is 107 cm³/mol. The van der Waals surface area contributed by atoms with Gasteiger partial charge in [0.15, 0.2) is 0 Å². The summed E-state index contributed by atoms with van der Waals surface area (Å²) < 4.78 is 28.9. The highest BCUT2D eigenvalue weighted by Crippen LogP contribution is 2.28. The molecule has 2 aromatic rings. The number of benzene rings is 2. The van der Waals surface area contributed by atoms with Crippen LogP contribution in [-0.2, 0) is 27.7 Å². The van der Waals surface area contributed by atoms with E-state index >= 15 is 0 Å². The standard InChI is InChI=1S/C21H26N2O3S/c1-4-15-5-7-16(8-6-15)21(14(2)3)23-27(25,26)18-10-11-19-17(13-18)9-12-20(24)22-19/h5-8,10-11,13-14,21,23H,4,9,12H2,1-3H3,(H,22,24)/t21-/m0/s1. The van der Waals surface area contributed by atoms with Gasteiger partial charge in [-0.05, 0) is 53.6 Å². The predicted octanol–water partition coefficient (Wildman–Crippen LogP) is 3.81. The second-order valence-corrected chi connectivity index (χ2v) is 9.02. The minimum Gasteiger partial charge on any atom is -0.326 e. The SMILES string of the molecule is CCc1ccc([C@@H](NS(=O)(=O)c2ccc3c(c2)CCC(=O)N3)C(C)C)cc1. The number of nitrogens with one attached hydrogen (secondary N) is 2. The molecule has 0 radical (unpaired) electrons. The minimum atomic E-state index is -3.68. The van der Waals surface area contributed by atoms with Crippen LogP contribution >= 0.6 is 0 Å². The van der Waals surface area contributed by atoms with Gasteiger partial charge in [-0.25, -0.2) is 13.1 Å². The van der Waals surface area contributed by atoms with Crippen LogP contribution in [0.5, 0.6) is 0 Å². The van der Waals surface area contributed by atoms with E-state index in [1.165, 1.54) is 5.56 Å². The van der Waals surface area contributed by atoms with Crippen LogP contribution in [0.1, 0.15) is 49.9 Å². The number of hydrogen-bond donors (Lipinski definition) is 2. The number of sulfonamides is 1. The van der Waals surface area contributed by atoms with Gasteiger partial charge in [0.2, 0.25) is 15.9 Å². The fourth-order valence-electron chi connectivity index (χ4n) is 3.31. The molecule has 6 heteroatoms. The van der Waals surface area contributed by atoms with E-state index in [0.717, 1.165) is 17.5 Å². The van der Waals surface area contributed by atoms with Crippen molar-refractivity contribution in [2.45, 2.75) is 51.0 Å². The summed E-state index contributed by atoms with van der Waals surface area (Å²) >= 11 is 0. The van der Waals surface area contributed by atoms with Crippen molar-refractivity contribution >= 4 is 21.6 Å². The van der Waals surface area contributed by atoms with Crippen LogP contribution in [0, 0.1) is 5.92 Å². The molecule has 0 unspecified atom stereocenters. The zero-order chi connectivity index (χ0) is 19.6. The van der Waals surface area contributed by atoms with Crippen molar-refractivity contribution in [3.63, 3.8) is 0 Å². The Morgan fingerprint density at radius 2 is 1.78 bits per heavy atom. The Kier molecular flexibility index (Phi) is 5.67. The van der Waals surface area contributed by atoms with Gasteiger partial charge in [-0.1, -0.05) is 45.0 Å². The third-order valence-corrected chi connectivity index (χ3v) is 6.42. The molecule has 5 nitrogen and oxygen atoms in total. The quantitative estimate of drug-likeness (QED) is 0.793. The molecule has 3 rings (SSSR count). The molecule has 0 aliphatic carbocycles. The fraction of sp³-hybridized carbons (Fsp3) is 0.381. The van der Waals surface area contributed by atoms with E-state index in [9.17, 15) is 13.2 Å². The summed E-state index contributed by atoms with van der Waals surface area (Å²) in [6.45, 7) is 6.10. The maximum atomic E-state index is 13.0. The Morgan fingerprint density at radius 1 is 1.07 bits per heavy atom. The van der Waals surface area contributed by atoms with Crippen LogP contribution in [0.4, 0.5) is 5.69 Å². The van der Waals surface area contributed by atoms with Gasteiger partial charge < -0.3 is 5.32 Å². The molecule has 2 N–H and O–H groups in total. The number of anilines is 1. The molecule has 0 spiro atoms. The summed E-state index contributed by atoms with van der Waals surface area (Å²) in [4.78, 5) is 11.7. The molecule has 1 aliphatic rings. The number of aryl methyl sites for hydroxylation is 2. The smallest absolute Gasteiger partial charge is 0.241 e. The topological polar surface area (TPSA) is 75.3 Å². The highest BCUT2D eigenvalue weighted by Gasteiger charge is 2.25. The van der Waals surface area contributed by atoms with E-state index in [2.05, 4.69) is 17.0 Å². The van der Waals surface area contributed by atoms with Crippen molar-refractivity contribution in [2.24, 2.45) is 5.92 Å². The minimum absolute atomic E-state index is 0.0355. The van der Waals surface area contributed by atoms with E-state index < -0.39 is 10.0 Å². The summed E-state index contributed by atoms with van der Waals surface area (Å²) in [6, 6.07) is 12.6. The van der Waals surface area contributed by atoms with Gasteiger partial charge in [-0.15, -0.1) is 0 Å². The first-order valence-corrected chi connectivity index (χ1v) is 10.8. The van der Waals surface area contributed by atoms with E-state index in [1.54, 1.807) is 18.2 Å². The molecule has 0 aromatic heterocycles. The lowest BCUT2D eigenvalue weighted by Crippen LogP contribution is -2.32. The number of rotatable bonds is 6. The van der Waals surface area contributed by atoms with Crippen molar-refractivity contribution < 1.29 is 13.2 Å². The molecule has 144 valence electrons. The van der Waals surface area contributed by atoms with Gasteiger partial charge in [-0.3, -0.25) is 4.79 Å². The van der Waals surface area contributed by atoms with Gasteiger partial charge in [-0.2, -0.15) is 0 Å². The van der Waals surface area contributed by atoms with Crippen LogP contribution in [-0.4, -0.2) is 14.3 Å². The molecular weight excluding hydrogens is 360 g/mol. The first kappa shape index (κ1) is 19.6. The normalized spacial score (nSPS) is 15.3. The molecule has 27 heavy (non-hydrogen) atoms. The monoisotopic (exact) mass is 386 g/mol.